The van der Waals surface area contributed by atoms with E-state index in [1.165, 1.54) is 38.8 Å². The maximum atomic E-state index is 6.01. The normalized spacial score (nSPS) is 37.7. The van der Waals surface area contributed by atoms with Crippen LogP contribution in [-0.2, 0) is 0 Å². The Labute approximate surface area is 101 Å². The topological polar surface area (TPSA) is 29.3 Å². The first-order valence-corrected chi connectivity index (χ1v) is 7.02. The monoisotopic (exact) mass is 224 g/mol. The Morgan fingerprint density at radius 3 is 2.19 bits per heavy atom. The number of rotatable bonds is 3. The van der Waals surface area contributed by atoms with Gasteiger partial charge in [0.15, 0.2) is 0 Å². The van der Waals surface area contributed by atoms with Crippen molar-refractivity contribution in [2.45, 2.75) is 52.0 Å². The number of hydrogen-bond acceptors (Lipinski definition) is 2. The molecule has 1 saturated heterocycles. The summed E-state index contributed by atoms with van der Waals surface area (Å²) in [6.07, 6.45) is 5.42. The standard InChI is InChI=1S/C14H28N2/c1-11(2)13-4-6-16(7-5-13)14(10-15)8-12(3)9-14/h11-13H,4-10,15H2,1-3H3. The fourth-order valence-corrected chi connectivity index (χ4v) is 3.83. The lowest BCUT2D eigenvalue weighted by Crippen LogP contribution is -2.62. The molecule has 0 aromatic heterocycles. The molecule has 1 aliphatic heterocycles. The number of piperidine rings is 1. The molecule has 1 aliphatic carbocycles. The van der Waals surface area contributed by atoms with Crippen LogP contribution in [0.5, 0.6) is 0 Å². The maximum absolute atomic E-state index is 6.01. The van der Waals surface area contributed by atoms with Crippen LogP contribution in [0.2, 0.25) is 0 Å². The molecule has 0 spiro atoms. The summed E-state index contributed by atoms with van der Waals surface area (Å²) in [4.78, 5) is 2.70. The highest BCUT2D eigenvalue weighted by Crippen LogP contribution is 2.43. The Morgan fingerprint density at radius 1 is 1.25 bits per heavy atom. The third-order valence-electron chi connectivity index (χ3n) is 4.99. The predicted molar refractivity (Wildman–Crippen MR) is 69.3 cm³/mol. The summed E-state index contributed by atoms with van der Waals surface area (Å²) in [5.74, 6) is 2.70. The van der Waals surface area contributed by atoms with Crippen molar-refractivity contribution < 1.29 is 0 Å². The number of nitrogens with two attached hydrogens (primary N) is 1. The van der Waals surface area contributed by atoms with E-state index < -0.39 is 0 Å². The number of hydrogen-bond donors (Lipinski definition) is 1. The Balaban J connectivity index is 1.88. The molecule has 0 bridgehead atoms. The van der Waals surface area contributed by atoms with Crippen LogP contribution in [0.25, 0.3) is 0 Å². The van der Waals surface area contributed by atoms with E-state index in [4.69, 9.17) is 5.73 Å². The van der Waals surface area contributed by atoms with E-state index in [0.717, 1.165) is 24.3 Å². The van der Waals surface area contributed by atoms with Gasteiger partial charge in [-0.3, -0.25) is 4.90 Å². The molecule has 1 heterocycles. The minimum atomic E-state index is 0.390. The molecular formula is C14H28N2. The largest absolute Gasteiger partial charge is 0.329 e. The minimum absolute atomic E-state index is 0.390. The molecule has 2 N–H and O–H groups in total. The Bertz CT molecular complexity index is 223. The van der Waals surface area contributed by atoms with Gasteiger partial charge < -0.3 is 5.73 Å². The van der Waals surface area contributed by atoms with Crippen LogP contribution < -0.4 is 5.73 Å². The van der Waals surface area contributed by atoms with E-state index in [1.54, 1.807) is 0 Å². The van der Waals surface area contributed by atoms with Gasteiger partial charge in [0.2, 0.25) is 0 Å². The van der Waals surface area contributed by atoms with Crippen molar-refractivity contribution in [3.63, 3.8) is 0 Å². The van der Waals surface area contributed by atoms with Crippen molar-refractivity contribution in [1.29, 1.82) is 0 Å². The molecule has 2 heteroatoms. The fraction of sp³-hybridized carbons (Fsp3) is 1.00. The number of likely N-dealkylation sites (tertiary alicyclic amines) is 1. The molecule has 0 aromatic carbocycles. The fourth-order valence-electron chi connectivity index (χ4n) is 3.83. The summed E-state index contributed by atoms with van der Waals surface area (Å²) in [6, 6.07) is 0. The van der Waals surface area contributed by atoms with Gasteiger partial charge in [-0.15, -0.1) is 0 Å². The van der Waals surface area contributed by atoms with Crippen LogP contribution in [0.15, 0.2) is 0 Å². The van der Waals surface area contributed by atoms with E-state index in [-0.39, 0.29) is 0 Å². The molecule has 0 amide bonds. The third kappa shape index (κ3) is 2.14. The van der Waals surface area contributed by atoms with Crippen LogP contribution in [0.4, 0.5) is 0 Å². The highest BCUT2D eigenvalue weighted by Gasteiger charge is 2.46. The summed E-state index contributed by atoms with van der Waals surface area (Å²) >= 11 is 0. The van der Waals surface area contributed by atoms with Gasteiger partial charge in [-0.1, -0.05) is 20.8 Å². The van der Waals surface area contributed by atoms with E-state index in [2.05, 4.69) is 25.7 Å². The van der Waals surface area contributed by atoms with Crippen LogP contribution in [0.3, 0.4) is 0 Å². The molecule has 94 valence electrons. The van der Waals surface area contributed by atoms with Gasteiger partial charge in [0.05, 0.1) is 0 Å². The lowest BCUT2D eigenvalue weighted by atomic mass is 9.67. The van der Waals surface area contributed by atoms with Crippen LogP contribution in [0, 0.1) is 17.8 Å². The van der Waals surface area contributed by atoms with Gasteiger partial charge in [0.25, 0.3) is 0 Å². The van der Waals surface area contributed by atoms with Gasteiger partial charge in [-0.05, 0) is 56.5 Å². The van der Waals surface area contributed by atoms with E-state index in [0.29, 0.717) is 5.54 Å². The highest BCUT2D eigenvalue weighted by molar-refractivity contribution is 5.03. The summed E-state index contributed by atoms with van der Waals surface area (Å²) in [6.45, 7) is 10.5. The van der Waals surface area contributed by atoms with Gasteiger partial charge >= 0.3 is 0 Å². The molecule has 0 aromatic rings. The van der Waals surface area contributed by atoms with Crippen molar-refractivity contribution in [3.05, 3.63) is 0 Å². The zero-order valence-corrected chi connectivity index (χ0v) is 11.2. The second kappa shape index (κ2) is 4.66. The summed E-state index contributed by atoms with van der Waals surface area (Å²) in [5, 5.41) is 0. The molecule has 2 aliphatic rings. The quantitative estimate of drug-likeness (QED) is 0.798. The summed E-state index contributed by atoms with van der Waals surface area (Å²) in [5.41, 5.74) is 6.40. The maximum Gasteiger partial charge on any atom is 0.0336 e. The average molecular weight is 224 g/mol. The van der Waals surface area contributed by atoms with Crippen molar-refractivity contribution in [1.82, 2.24) is 4.90 Å². The van der Waals surface area contributed by atoms with Gasteiger partial charge in [-0.2, -0.15) is 0 Å². The molecule has 1 saturated carbocycles. The second-order valence-corrected chi connectivity index (χ2v) is 6.51. The van der Waals surface area contributed by atoms with Crippen LogP contribution in [0.1, 0.15) is 46.5 Å². The Morgan fingerprint density at radius 2 is 1.81 bits per heavy atom. The van der Waals surface area contributed by atoms with Crippen molar-refractivity contribution in [2.75, 3.05) is 19.6 Å². The number of nitrogens with zero attached hydrogens (tertiary/aromatic N) is 1. The smallest absolute Gasteiger partial charge is 0.0336 e. The van der Waals surface area contributed by atoms with Gasteiger partial charge in [-0.25, -0.2) is 0 Å². The summed E-state index contributed by atoms with van der Waals surface area (Å²) in [7, 11) is 0. The van der Waals surface area contributed by atoms with E-state index in [9.17, 15) is 0 Å². The van der Waals surface area contributed by atoms with Gasteiger partial charge in [0, 0.05) is 12.1 Å². The second-order valence-electron chi connectivity index (χ2n) is 6.51. The van der Waals surface area contributed by atoms with Crippen molar-refractivity contribution in [2.24, 2.45) is 23.5 Å². The zero-order chi connectivity index (χ0) is 11.8. The molecule has 2 nitrogen and oxygen atoms in total. The summed E-state index contributed by atoms with van der Waals surface area (Å²) < 4.78 is 0. The Hall–Kier alpha value is -0.0800. The molecule has 2 fully saturated rings. The zero-order valence-electron chi connectivity index (χ0n) is 11.2. The molecule has 0 radical (unpaired) electrons. The molecule has 0 unspecified atom stereocenters. The van der Waals surface area contributed by atoms with E-state index >= 15 is 0 Å². The SMILES string of the molecule is CC1CC(CN)(N2CCC(C(C)C)CC2)C1. The molecule has 16 heavy (non-hydrogen) atoms. The van der Waals surface area contributed by atoms with Crippen LogP contribution >= 0.6 is 0 Å². The average Bonchev–Trinajstić information content (AvgIpc) is 2.24. The molecule has 2 rings (SSSR count). The molecular weight excluding hydrogens is 196 g/mol. The van der Waals surface area contributed by atoms with Crippen LogP contribution in [-0.4, -0.2) is 30.1 Å². The van der Waals surface area contributed by atoms with Gasteiger partial charge in [0.1, 0.15) is 0 Å². The van der Waals surface area contributed by atoms with Crippen molar-refractivity contribution >= 4 is 0 Å². The minimum Gasteiger partial charge on any atom is -0.329 e. The van der Waals surface area contributed by atoms with E-state index in [1.807, 2.05) is 0 Å². The lowest BCUT2D eigenvalue weighted by molar-refractivity contribution is -0.0359. The van der Waals surface area contributed by atoms with Crippen molar-refractivity contribution in [3.8, 4) is 0 Å². The lowest BCUT2D eigenvalue weighted by Gasteiger charge is -2.55. The Kier molecular flexibility index (Phi) is 3.60. The first-order valence-electron chi connectivity index (χ1n) is 7.02. The first kappa shape index (κ1) is 12.4. The predicted octanol–water partition coefficient (Wildman–Crippen LogP) is 2.48. The highest BCUT2D eigenvalue weighted by atomic mass is 15.2. The molecule has 0 atom stereocenters. The first-order chi connectivity index (χ1) is 7.57. The third-order valence-corrected chi connectivity index (χ3v) is 4.99.